The van der Waals surface area contributed by atoms with Gasteiger partial charge in [-0.2, -0.15) is 0 Å². The van der Waals surface area contributed by atoms with Crippen molar-refractivity contribution in [2.45, 2.75) is 64.3 Å². The van der Waals surface area contributed by atoms with Crippen molar-refractivity contribution in [2.24, 2.45) is 0 Å². The number of unbranched alkanes of at least 4 members (excludes halogenated alkanes) is 5. The van der Waals surface area contributed by atoms with Gasteiger partial charge in [0.1, 0.15) is 0 Å². The second-order valence-electron chi connectivity index (χ2n) is 6.64. The lowest BCUT2D eigenvalue weighted by atomic mass is 10.1. The highest BCUT2D eigenvalue weighted by Crippen LogP contribution is 2.24. The van der Waals surface area contributed by atoms with Crippen molar-refractivity contribution in [2.75, 3.05) is 26.2 Å². The van der Waals surface area contributed by atoms with Gasteiger partial charge >= 0.3 is 0 Å². The van der Waals surface area contributed by atoms with Gasteiger partial charge in [0, 0.05) is 12.6 Å². The highest BCUT2D eigenvalue weighted by molar-refractivity contribution is 5.19. The lowest BCUT2D eigenvalue weighted by molar-refractivity contribution is 0.238. The van der Waals surface area contributed by atoms with Crippen molar-refractivity contribution in [3.8, 4) is 0 Å². The van der Waals surface area contributed by atoms with E-state index in [1.165, 1.54) is 76.6 Å². The molecule has 0 saturated carbocycles. The first-order valence-corrected chi connectivity index (χ1v) is 9.41. The first-order chi connectivity index (χ1) is 10.9. The fourth-order valence-electron chi connectivity index (χ4n) is 3.46. The number of benzene rings is 1. The average molecular weight is 303 g/mol. The van der Waals surface area contributed by atoms with Gasteiger partial charge in [0.05, 0.1) is 0 Å². The van der Waals surface area contributed by atoms with Crippen LogP contribution in [-0.4, -0.2) is 31.1 Å². The van der Waals surface area contributed by atoms with Crippen LogP contribution in [0.1, 0.15) is 69.9 Å². The zero-order valence-corrected chi connectivity index (χ0v) is 14.4. The predicted molar refractivity (Wildman–Crippen MR) is 96.2 cm³/mol. The summed E-state index contributed by atoms with van der Waals surface area (Å²) in [6.07, 6.45) is 11.0. The van der Waals surface area contributed by atoms with Gasteiger partial charge in [-0.15, -0.1) is 0 Å². The molecule has 1 unspecified atom stereocenters. The van der Waals surface area contributed by atoms with Crippen LogP contribution in [0.15, 0.2) is 30.3 Å². The Bertz CT molecular complexity index is 371. The number of hydrogen-bond donors (Lipinski definition) is 1. The first-order valence-electron chi connectivity index (χ1n) is 9.41. The molecule has 1 aliphatic heterocycles. The van der Waals surface area contributed by atoms with Crippen molar-refractivity contribution >= 4 is 0 Å². The molecule has 22 heavy (non-hydrogen) atoms. The molecule has 1 atom stereocenters. The second-order valence-corrected chi connectivity index (χ2v) is 6.64. The largest absolute Gasteiger partial charge is 0.315 e. The van der Waals surface area contributed by atoms with E-state index in [2.05, 4.69) is 47.5 Å². The van der Waals surface area contributed by atoms with E-state index in [1.54, 1.807) is 0 Å². The molecule has 1 aromatic rings. The van der Waals surface area contributed by atoms with Crippen LogP contribution in [0.4, 0.5) is 0 Å². The monoisotopic (exact) mass is 302 g/mol. The number of nitrogens with one attached hydrogen (secondary N) is 1. The van der Waals surface area contributed by atoms with E-state index < -0.39 is 0 Å². The van der Waals surface area contributed by atoms with Crippen LogP contribution < -0.4 is 5.32 Å². The van der Waals surface area contributed by atoms with Crippen LogP contribution in [-0.2, 0) is 0 Å². The molecule has 0 amide bonds. The summed E-state index contributed by atoms with van der Waals surface area (Å²) in [4.78, 5) is 2.66. The fourth-order valence-corrected chi connectivity index (χ4v) is 3.46. The molecule has 2 rings (SSSR count). The Kier molecular flexibility index (Phi) is 8.59. The molecule has 124 valence electrons. The number of rotatable bonds is 11. The lowest BCUT2D eigenvalue weighted by Gasteiger charge is -2.28. The van der Waals surface area contributed by atoms with E-state index in [9.17, 15) is 0 Å². The summed E-state index contributed by atoms with van der Waals surface area (Å²) in [6, 6.07) is 11.6. The lowest BCUT2D eigenvalue weighted by Crippen LogP contribution is -2.34. The molecule has 1 N–H and O–H groups in total. The highest BCUT2D eigenvalue weighted by Gasteiger charge is 2.22. The SMILES string of the molecule is CCCCCCCCNCC(c1ccccc1)N1CCCC1. The standard InChI is InChI=1S/C20H34N2/c1-2-3-4-5-6-10-15-21-18-20(22-16-11-12-17-22)19-13-8-7-9-14-19/h7-9,13-14,20-21H,2-6,10-12,15-18H2,1H3. The van der Waals surface area contributed by atoms with Gasteiger partial charge in [-0.25, -0.2) is 0 Å². The van der Waals surface area contributed by atoms with E-state index >= 15 is 0 Å². The quantitative estimate of drug-likeness (QED) is 0.592. The summed E-state index contributed by atoms with van der Waals surface area (Å²) in [7, 11) is 0. The molecule has 0 spiro atoms. The van der Waals surface area contributed by atoms with Gasteiger partial charge in [0.25, 0.3) is 0 Å². The van der Waals surface area contributed by atoms with Gasteiger partial charge in [-0.05, 0) is 44.5 Å². The maximum absolute atomic E-state index is 3.71. The molecule has 2 heteroatoms. The van der Waals surface area contributed by atoms with Crippen LogP contribution >= 0.6 is 0 Å². The summed E-state index contributed by atoms with van der Waals surface area (Å²) < 4.78 is 0. The molecule has 0 bridgehead atoms. The van der Waals surface area contributed by atoms with Crippen LogP contribution in [0.3, 0.4) is 0 Å². The average Bonchev–Trinajstić information content (AvgIpc) is 3.08. The molecule has 1 aliphatic rings. The van der Waals surface area contributed by atoms with E-state index in [0.29, 0.717) is 6.04 Å². The fraction of sp³-hybridized carbons (Fsp3) is 0.700. The Morgan fingerprint density at radius 1 is 0.955 bits per heavy atom. The summed E-state index contributed by atoms with van der Waals surface area (Å²) >= 11 is 0. The van der Waals surface area contributed by atoms with Crippen LogP contribution in [0.5, 0.6) is 0 Å². The summed E-state index contributed by atoms with van der Waals surface area (Å²) in [5, 5.41) is 3.71. The third-order valence-electron chi connectivity index (χ3n) is 4.81. The van der Waals surface area contributed by atoms with Crippen molar-refractivity contribution in [3.63, 3.8) is 0 Å². The Morgan fingerprint density at radius 2 is 1.64 bits per heavy atom. The van der Waals surface area contributed by atoms with Crippen LogP contribution in [0.25, 0.3) is 0 Å². The minimum atomic E-state index is 0.559. The van der Waals surface area contributed by atoms with Gasteiger partial charge in [0.2, 0.25) is 0 Å². The zero-order chi connectivity index (χ0) is 15.5. The van der Waals surface area contributed by atoms with Crippen molar-refractivity contribution in [3.05, 3.63) is 35.9 Å². The van der Waals surface area contributed by atoms with E-state index in [0.717, 1.165) is 6.54 Å². The topological polar surface area (TPSA) is 15.3 Å². The number of hydrogen-bond acceptors (Lipinski definition) is 2. The van der Waals surface area contributed by atoms with E-state index in [-0.39, 0.29) is 0 Å². The molecule has 1 heterocycles. The maximum Gasteiger partial charge on any atom is 0.0472 e. The van der Waals surface area contributed by atoms with Crippen molar-refractivity contribution in [1.82, 2.24) is 10.2 Å². The number of nitrogens with zero attached hydrogens (tertiary/aromatic N) is 1. The predicted octanol–water partition coefficient (Wildman–Crippen LogP) is 4.77. The minimum Gasteiger partial charge on any atom is -0.315 e. The first kappa shape index (κ1) is 17.5. The van der Waals surface area contributed by atoms with Gasteiger partial charge in [0.15, 0.2) is 0 Å². The van der Waals surface area contributed by atoms with Crippen LogP contribution in [0.2, 0.25) is 0 Å². The molecule has 1 aromatic carbocycles. The van der Waals surface area contributed by atoms with Crippen molar-refractivity contribution < 1.29 is 0 Å². The highest BCUT2D eigenvalue weighted by atomic mass is 15.2. The van der Waals surface area contributed by atoms with Gasteiger partial charge in [-0.3, -0.25) is 4.90 Å². The normalized spacial score (nSPS) is 17.0. The zero-order valence-electron chi connectivity index (χ0n) is 14.4. The van der Waals surface area contributed by atoms with E-state index in [1.807, 2.05) is 0 Å². The Morgan fingerprint density at radius 3 is 2.36 bits per heavy atom. The molecular formula is C20H34N2. The Balaban J connectivity index is 1.69. The molecule has 0 aliphatic carbocycles. The Hall–Kier alpha value is -0.860. The van der Waals surface area contributed by atoms with Gasteiger partial charge < -0.3 is 5.32 Å². The maximum atomic E-state index is 3.71. The van der Waals surface area contributed by atoms with Crippen molar-refractivity contribution in [1.29, 1.82) is 0 Å². The summed E-state index contributed by atoms with van der Waals surface area (Å²) in [5.74, 6) is 0. The molecule has 1 fully saturated rings. The Labute approximate surface area is 137 Å². The molecule has 0 radical (unpaired) electrons. The third kappa shape index (κ3) is 6.10. The van der Waals surface area contributed by atoms with Crippen LogP contribution in [0, 0.1) is 0 Å². The molecule has 0 aromatic heterocycles. The summed E-state index contributed by atoms with van der Waals surface area (Å²) in [6.45, 7) is 7.07. The second kappa shape index (κ2) is 10.8. The smallest absolute Gasteiger partial charge is 0.0472 e. The molecular weight excluding hydrogens is 268 g/mol. The minimum absolute atomic E-state index is 0.559. The summed E-state index contributed by atoms with van der Waals surface area (Å²) in [5.41, 5.74) is 1.47. The number of likely N-dealkylation sites (tertiary alicyclic amines) is 1. The van der Waals surface area contributed by atoms with E-state index in [4.69, 9.17) is 0 Å². The van der Waals surface area contributed by atoms with Gasteiger partial charge in [-0.1, -0.05) is 69.4 Å². The molecule has 1 saturated heterocycles. The molecule has 2 nitrogen and oxygen atoms in total. The third-order valence-corrected chi connectivity index (χ3v) is 4.81.